The van der Waals surface area contributed by atoms with Gasteiger partial charge < -0.3 is 14.4 Å². The third kappa shape index (κ3) is 2.11. The number of rotatable bonds is 6. The van der Waals surface area contributed by atoms with Crippen molar-refractivity contribution in [1.29, 1.82) is 0 Å². The first kappa shape index (κ1) is 11.9. The van der Waals surface area contributed by atoms with Crippen LogP contribution < -0.4 is 0 Å². The van der Waals surface area contributed by atoms with Crippen molar-refractivity contribution < 1.29 is 9.47 Å². The van der Waals surface area contributed by atoms with E-state index in [9.17, 15) is 0 Å². The van der Waals surface area contributed by atoms with E-state index in [4.69, 9.17) is 9.47 Å². The molecule has 2 aliphatic rings. The third-order valence-corrected chi connectivity index (χ3v) is 3.86. The molecule has 0 N–H and O–H groups in total. The summed E-state index contributed by atoms with van der Waals surface area (Å²) in [5, 5.41) is 0. The molecule has 3 unspecified atom stereocenters. The van der Waals surface area contributed by atoms with Crippen molar-refractivity contribution in [2.24, 2.45) is 0 Å². The summed E-state index contributed by atoms with van der Waals surface area (Å²) in [5.74, 6) is 0. The lowest BCUT2D eigenvalue weighted by Gasteiger charge is -2.23. The van der Waals surface area contributed by atoms with E-state index in [0.29, 0.717) is 0 Å². The number of nitrogens with zero attached hydrogens (tertiary/aromatic N) is 1. The molecule has 2 saturated heterocycles. The number of allylic oxidation sites excluding steroid dienone is 1. The van der Waals surface area contributed by atoms with Gasteiger partial charge in [0.2, 0.25) is 0 Å². The number of epoxide rings is 2. The van der Waals surface area contributed by atoms with Crippen LogP contribution in [0.25, 0.3) is 0 Å². The van der Waals surface area contributed by atoms with E-state index in [1.807, 2.05) is 6.92 Å². The lowest BCUT2D eigenvalue weighted by atomic mass is 10.1. The van der Waals surface area contributed by atoms with Gasteiger partial charge in [0.25, 0.3) is 0 Å². The molecule has 16 heavy (non-hydrogen) atoms. The maximum absolute atomic E-state index is 5.81. The molecule has 0 amide bonds. The van der Waals surface area contributed by atoms with Crippen molar-refractivity contribution in [3.05, 3.63) is 12.3 Å². The summed E-state index contributed by atoms with van der Waals surface area (Å²) in [7, 11) is 0. The van der Waals surface area contributed by atoms with Gasteiger partial charge in [0.15, 0.2) is 6.23 Å². The number of ether oxygens (including phenoxy) is 2. The predicted molar refractivity (Wildman–Crippen MR) is 64.1 cm³/mol. The molecule has 2 aliphatic heterocycles. The Morgan fingerprint density at radius 1 is 1.38 bits per heavy atom. The van der Waals surface area contributed by atoms with E-state index in [2.05, 4.69) is 37.9 Å². The molecule has 0 aromatic carbocycles. The topological polar surface area (TPSA) is 28.3 Å². The largest absolute Gasteiger partial charge is 0.368 e. The summed E-state index contributed by atoms with van der Waals surface area (Å²) in [6.07, 6.45) is 6.58. The highest BCUT2D eigenvalue weighted by atomic mass is 16.6. The summed E-state index contributed by atoms with van der Waals surface area (Å²) >= 11 is 0. The minimum absolute atomic E-state index is 0.0450. The normalized spacial score (nSPS) is 41.4. The van der Waals surface area contributed by atoms with E-state index in [0.717, 1.165) is 26.0 Å². The molecule has 0 aliphatic carbocycles. The van der Waals surface area contributed by atoms with Crippen molar-refractivity contribution in [2.75, 3.05) is 13.2 Å². The average molecular weight is 225 g/mol. The average Bonchev–Trinajstić information content (AvgIpc) is 3.16. The van der Waals surface area contributed by atoms with Crippen molar-refractivity contribution >= 4 is 0 Å². The van der Waals surface area contributed by atoms with E-state index in [1.54, 1.807) is 0 Å². The van der Waals surface area contributed by atoms with Gasteiger partial charge >= 0.3 is 0 Å². The number of hydrogen-bond donors (Lipinski definition) is 0. The van der Waals surface area contributed by atoms with Gasteiger partial charge in [-0.05, 0) is 32.9 Å². The van der Waals surface area contributed by atoms with Crippen LogP contribution in [0.1, 0.15) is 40.5 Å². The fourth-order valence-corrected chi connectivity index (χ4v) is 2.14. The van der Waals surface area contributed by atoms with Crippen LogP contribution in [0.5, 0.6) is 0 Å². The first-order valence-corrected chi connectivity index (χ1v) is 6.29. The molecule has 0 spiro atoms. The zero-order valence-corrected chi connectivity index (χ0v) is 10.8. The minimum Gasteiger partial charge on any atom is -0.368 e. The molecular formula is C13H23NO2. The first-order valence-electron chi connectivity index (χ1n) is 6.29. The smallest absolute Gasteiger partial charge is 0.159 e. The van der Waals surface area contributed by atoms with Crippen molar-refractivity contribution in [3.8, 4) is 0 Å². The van der Waals surface area contributed by atoms with Gasteiger partial charge in [-0.1, -0.05) is 19.9 Å². The molecule has 2 rings (SSSR count). The Morgan fingerprint density at radius 2 is 2.06 bits per heavy atom. The fraction of sp³-hybridized carbons (Fsp3) is 0.846. The van der Waals surface area contributed by atoms with Crippen LogP contribution >= 0.6 is 0 Å². The minimum atomic E-state index is 0.0450. The Bertz CT molecular complexity index is 286. The van der Waals surface area contributed by atoms with Gasteiger partial charge in [0.1, 0.15) is 11.2 Å². The Kier molecular flexibility index (Phi) is 3.01. The van der Waals surface area contributed by atoms with Gasteiger partial charge in [-0.3, -0.25) is 0 Å². The standard InChI is InChI=1S/C13H23NO2/c1-5-8-14(9-13(7-3)10-15-13)11-12(4,6-2)16-11/h5,8,11H,6-7,9-10H2,1-4H3. The van der Waals surface area contributed by atoms with Crippen LogP contribution in [-0.2, 0) is 9.47 Å². The van der Waals surface area contributed by atoms with Crippen molar-refractivity contribution in [1.82, 2.24) is 4.90 Å². The first-order chi connectivity index (χ1) is 7.59. The fourth-order valence-electron chi connectivity index (χ4n) is 2.14. The lowest BCUT2D eigenvalue weighted by Crippen LogP contribution is -2.35. The van der Waals surface area contributed by atoms with Gasteiger partial charge in [-0.2, -0.15) is 0 Å². The van der Waals surface area contributed by atoms with E-state index >= 15 is 0 Å². The molecule has 92 valence electrons. The van der Waals surface area contributed by atoms with Gasteiger partial charge in [0, 0.05) is 0 Å². The summed E-state index contributed by atoms with van der Waals surface area (Å²) < 4.78 is 11.4. The Hall–Kier alpha value is -0.540. The summed E-state index contributed by atoms with van der Waals surface area (Å²) in [6.45, 7) is 10.4. The highest BCUT2D eigenvalue weighted by molar-refractivity contribution is 5.05. The van der Waals surface area contributed by atoms with Crippen LogP contribution in [-0.4, -0.2) is 35.5 Å². The third-order valence-electron chi connectivity index (χ3n) is 3.86. The highest BCUT2D eigenvalue weighted by Gasteiger charge is 2.56. The molecule has 2 fully saturated rings. The van der Waals surface area contributed by atoms with Gasteiger partial charge in [-0.25, -0.2) is 0 Å². The van der Waals surface area contributed by atoms with Crippen LogP contribution in [0.2, 0.25) is 0 Å². The molecule has 0 saturated carbocycles. The molecule has 3 atom stereocenters. The molecule has 2 heterocycles. The van der Waals surface area contributed by atoms with Gasteiger partial charge in [-0.15, -0.1) is 0 Å². The summed E-state index contributed by atoms with van der Waals surface area (Å²) in [6, 6.07) is 0. The van der Waals surface area contributed by atoms with E-state index in [1.165, 1.54) is 0 Å². The molecule has 3 heteroatoms. The summed E-state index contributed by atoms with van der Waals surface area (Å²) in [5.41, 5.74) is 0.142. The molecule has 0 radical (unpaired) electrons. The quantitative estimate of drug-likeness (QED) is 0.650. The zero-order chi connectivity index (χ0) is 11.8. The Morgan fingerprint density at radius 3 is 2.44 bits per heavy atom. The number of hydrogen-bond acceptors (Lipinski definition) is 3. The SMILES string of the molecule is CC=CN(CC1(CC)CO1)C1OC1(C)CC. The lowest BCUT2D eigenvalue weighted by molar-refractivity contribution is 0.172. The van der Waals surface area contributed by atoms with E-state index in [-0.39, 0.29) is 17.4 Å². The zero-order valence-electron chi connectivity index (χ0n) is 10.8. The second-order valence-corrected chi connectivity index (χ2v) is 5.12. The monoisotopic (exact) mass is 225 g/mol. The van der Waals surface area contributed by atoms with Crippen LogP contribution in [0.4, 0.5) is 0 Å². The Labute approximate surface area is 98.4 Å². The van der Waals surface area contributed by atoms with Crippen molar-refractivity contribution in [2.45, 2.75) is 58.0 Å². The van der Waals surface area contributed by atoms with Crippen LogP contribution in [0, 0.1) is 0 Å². The van der Waals surface area contributed by atoms with Crippen molar-refractivity contribution in [3.63, 3.8) is 0 Å². The molecule has 3 nitrogen and oxygen atoms in total. The molecular weight excluding hydrogens is 202 g/mol. The Balaban J connectivity index is 1.97. The van der Waals surface area contributed by atoms with Crippen LogP contribution in [0.15, 0.2) is 12.3 Å². The second-order valence-electron chi connectivity index (χ2n) is 5.12. The maximum Gasteiger partial charge on any atom is 0.159 e. The van der Waals surface area contributed by atoms with Crippen LogP contribution in [0.3, 0.4) is 0 Å². The second kappa shape index (κ2) is 4.04. The predicted octanol–water partition coefficient (Wildman–Crippen LogP) is 2.53. The summed E-state index contributed by atoms with van der Waals surface area (Å²) in [4.78, 5) is 2.29. The molecule has 0 bridgehead atoms. The highest BCUT2D eigenvalue weighted by Crippen LogP contribution is 2.43. The maximum atomic E-state index is 5.81. The van der Waals surface area contributed by atoms with E-state index < -0.39 is 0 Å². The van der Waals surface area contributed by atoms with Gasteiger partial charge in [0.05, 0.1) is 13.2 Å². The molecule has 0 aromatic heterocycles. The molecule has 0 aromatic rings.